The maximum absolute atomic E-state index is 4.27. The smallest absolute Gasteiger partial charge is 1.00 e. The van der Waals surface area contributed by atoms with E-state index in [1.807, 2.05) is 12.4 Å². The predicted molar refractivity (Wildman–Crippen MR) is 77.0 cm³/mol. The molecule has 4 rings (SSSR count). The standard InChI is InChI=1S/C16H14N2.Na.H/c1-2-4-13-11(3-1)9-16(18-12-5-6-12)14-7-8-17-10-15(13)14;;/h1-4,7-10,12,18H,5-6H2;;/q;+1;-1. The van der Waals surface area contributed by atoms with Crippen LogP contribution in [-0.4, -0.2) is 11.0 Å². The zero-order valence-corrected chi connectivity index (χ0v) is 13.1. The van der Waals surface area contributed by atoms with E-state index in [-0.39, 0.29) is 31.0 Å². The summed E-state index contributed by atoms with van der Waals surface area (Å²) in [7, 11) is 0. The number of hydrogen-bond acceptors (Lipinski definition) is 2. The Kier molecular flexibility index (Phi) is 3.48. The summed E-state index contributed by atoms with van der Waals surface area (Å²) in [4.78, 5) is 4.27. The molecule has 19 heavy (non-hydrogen) atoms. The molecule has 0 radical (unpaired) electrons. The average Bonchev–Trinajstić information content (AvgIpc) is 3.23. The van der Waals surface area contributed by atoms with Crippen molar-refractivity contribution in [2.45, 2.75) is 18.9 Å². The van der Waals surface area contributed by atoms with Crippen LogP contribution in [0.15, 0.2) is 48.8 Å². The van der Waals surface area contributed by atoms with Crippen molar-refractivity contribution < 1.29 is 31.0 Å². The maximum atomic E-state index is 4.27. The van der Waals surface area contributed by atoms with Gasteiger partial charge in [0.05, 0.1) is 0 Å². The van der Waals surface area contributed by atoms with Crippen LogP contribution < -0.4 is 34.9 Å². The van der Waals surface area contributed by atoms with E-state index in [1.165, 1.54) is 40.1 Å². The van der Waals surface area contributed by atoms with Crippen LogP contribution >= 0.6 is 0 Å². The van der Waals surface area contributed by atoms with Crippen molar-refractivity contribution in [3.63, 3.8) is 0 Å². The van der Waals surface area contributed by atoms with Gasteiger partial charge in [0, 0.05) is 34.9 Å². The van der Waals surface area contributed by atoms with Crippen LogP contribution in [0.25, 0.3) is 21.5 Å². The summed E-state index contributed by atoms with van der Waals surface area (Å²) in [5.74, 6) is 0. The van der Waals surface area contributed by atoms with E-state index >= 15 is 0 Å². The fraction of sp³-hybridized carbons (Fsp3) is 0.188. The van der Waals surface area contributed by atoms with E-state index in [2.05, 4.69) is 46.7 Å². The topological polar surface area (TPSA) is 24.9 Å². The first kappa shape index (κ1) is 12.9. The van der Waals surface area contributed by atoms with Gasteiger partial charge in [0.1, 0.15) is 0 Å². The van der Waals surface area contributed by atoms with Gasteiger partial charge in [-0.15, -0.1) is 0 Å². The van der Waals surface area contributed by atoms with Gasteiger partial charge in [-0.3, -0.25) is 4.98 Å². The van der Waals surface area contributed by atoms with Crippen LogP contribution in [0.3, 0.4) is 0 Å². The Bertz CT molecular complexity index is 741. The van der Waals surface area contributed by atoms with Crippen molar-refractivity contribution >= 4 is 27.2 Å². The molecule has 0 bridgehead atoms. The minimum Gasteiger partial charge on any atom is -1.00 e. The average molecular weight is 258 g/mol. The van der Waals surface area contributed by atoms with Gasteiger partial charge in [-0.1, -0.05) is 24.3 Å². The molecule has 3 aromatic rings. The molecular weight excluding hydrogens is 243 g/mol. The molecule has 0 amide bonds. The maximum Gasteiger partial charge on any atom is 1.00 e. The van der Waals surface area contributed by atoms with E-state index in [0.29, 0.717) is 6.04 Å². The van der Waals surface area contributed by atoms with Gasteiger partial charge < -0.3 is 6.74 Å². The monoisotopic (exact) mass is 258 g/mol. The van der Waals surface area contributed by atoms with Gasteiger partial charge in [-0.2, -0.15) is 0 Å². The Balaban J connectivity index is 0.000000735. The minimum absolute atomic E-state index is 0. The van der Waals surface area contributed by atoms with E-state index in [4.69, 9.17) is 0 Å². The van der Waals surface area contributed by atoms with E-state index in [1.54, 1.807) is 0 Å². The van der Waals surface area contributed by atoms with E-state index in [0.717, 1.165) is 0 Å². The van der Waals surface area contributed by atoms with Crippen molar-refractivity contribution in [3.8, 4) is 0 Å². The number of benzene rings is 2. The molecule has 0 unspecified atom stereocenters. The summed E-state index contributed by atoms with van der Waals surface area (Å²) >= 11 is 0. The second-order valence-electron chi connectivity index (χ2n) is 4.99. The molecule has 1 aromatic heterocycles. The third-order valence-corrected chi connectivity index (χ3v) is 3.60. The van der Waals surface area contributed by atoms with Crippen LogP contribution in [0.5, 0.6) is 0 Å². The molecule has 0 aliphatic heterocycles. The van der Waals surface area contributed by atoms with Crippen LogP contribution in [0.1, 0.15) is 14.3 Å². The van der Waals surface area contributed by atoms with E-state index in [9.17, 15) is 0 Å². The van der Waals surface area contributed by atoms with Crippen molar-refractivity contribution in [2.75, 3.05) is 5.32 Å². The van der Waals surface area contributed by atoms with Gasteiger partial charge in [-0.25, -0.2) is 0 Å². The molecule has 1 saturated carbocycles. The third kappa shape index (κ3) is 2.36. The Morgan fingerprint density at radius 1 is 1.05 bits per heavy atom. The van der Waals surface area contributed by atoms with E-state index < -0.39 is 0 Å². The second kappa shape index (κ2) is 5.12. The SMILES string of the molecule is [H-].[Na+].c1ccc2c(c1)cc(NC1CC1)c1ccncc12. The summed E-state index contributed by atoms with van der Waals surface area (Å²) < 4.78 is 0. The first-order chi connectivity index (χ1) is 8.92. The van der Waals surface area contributed by atoms with Gasteiger partial charge in [0.2, 0.25) is 0 Å². The number of pyridine rings is 1. The van der Waals surface area contributed by atoms with Crippen molar-refractivity contribution in [3.05, 3.63) is 48.8 Å². The number of aromatic nitrogens is 1. The summed E-state index contributed by atoms with van der Waals surface area (Å²) in [5, 5.41) is 8.69. The van der Waals surface area contributed by atoms with Crippen LogP contribution in [0, 0.1) is 0 Å². The van der Waals surface area contributed by atoms with Gasteiger partial charge in [-0.05, 0) is 35.7 Å². The molecule has 0 spiro atoms. The van der Waals surface area contributed by atoms with Crippen molar-refractivity contribution in [1.82, 2.24) is 4.98 Å². The zero-order chi connectivity index (χ0) is 11.9. The molecule has 1 heterocycles. The number of hydrogen-bond donors (Lipinski definition) is 1. The van der Waals surface area contributed by atoms with Crippen molar-refractivity contribution in [2.24, 2.45) is 0 Å². The second-order valence-corrected chi connectivity index (χ2v) is 4.99. The summed E-state index contributed by atoms with van der Waals surface area (Å²) in [6.07, 6.45) is 6.42. The zero-order valence-electron chi connectivity index (χ0n) is 12.1. The van der Waals surface area contributed by atoms with Crippen LogP contribution in [0.2, 0.25) is 0 Å². The Morgan fingerprint density at radius 3 is 2.74 bits per heavy atom. The normalized spacial score (nSPS) is 14.3. The number of fused-ring (bicyclic) bond motifs is 3. The first-order valence-corrected chi connectivity index (χ1v) is 6.44. The van der Waals surface area contributed by atoms with Gasteiger partial charge in [0.15, 0.2) is 0 Å². The molecule has 1 aliphatic carbocycles. The molecule has 1 aliphatic rings. The Labute approximate surface area is 136 Å². The number of nitrogens with one attached hydrogen (secondary N) is 1. The quantitative estimate of drug-likeness (QED) is 0.549. The molecule has 2 aromatic carbocycles. The molecule has 1 N–H and O–H groups in total. The molecule has 0 atom stereocenters. The molecule has 1 fully saturated rings. The Hall–Kier alpha value is -1.09. The fourth-order valence-corrected chi connectivity index (χ4v) is 2.51. The van der Waals surface area contributed by atoms with Gasteiger partial charge >= 0.3 is 29.6 Å². The summed E-state index contributed by atoms with van der Waals surface area (Å²) in [6, 6.07) is 13.5. The predicted octanol–water partition coefficient (Wildman–Crippen LogP) is 1.08. The van der Waals surface area contributed by atoms with Gasteiger partial charge in [0.25, 0.3) is 0 Å². The molecule has 0 saturated heterocycles. The molecule has 2 nitrogen and oxygen atoms in total. The largest absolute Gasteiger partial charge is 1.00 e. The van der Waals surface area contributed by atoms with Crippen LogP contribution in [0.4, 0.5) is 5.69 Å². The Morgan fingerprint density at radius 2 is 1.89 bits per heavy atom. The number of anilines is 1. The first-order valence-electron chi connectivity index (χ1n) is 6.44. The fourth-order valence-electron chi connectivity index (χ4n) is 2.51. The minimum atomic E-state index is 0. The summed E-state index contributed by atoms with van der Waals surface area (Å²) in [6.45, 7) is 0. The number of nitrogens with zero attached hydrogens (tertiary/aromatic N) is 1. The third-order valence-electron chi connectivity index (χ3n) is 3.60. The molecular formula is C16H15N2Na. The van der Waals surface area contributed by atoms with Crippen molar-refractivity contribution in [1.29, 1.82) is 0 Å². The number of rotatable bonds is 2. The summed E-state index contributed by atoms with van der Waals surface area (Å²) in [5.41, 5.74) is 1.24. The molecule has 3 heteroatoms. The molecule has 90 valence electrons. The van der Waals surface area contributed by atoms with Crippen LogP contribution in [-0.2, 0) is 0 Å².